The quantitative estimate of drug-likeness (QED) is 0.290. The molecule has 1 fully saturated rings. The lowest BCUT2D eigenvalue weighted by Crippen LogP contribution is -2.23. The van der Waals surface area contributed by atoms with Crippen molar-refractivity contribution in [3.05, 3.63) is 35.2 Å². The molecular formula is C16H17N3O3S. The molecular weight excluding hydrogens is 314 g/mol. The number of allylic oxidation sites excluding steroid dienone is 2. The fourth-order valence-corrected chi connectivity index (χ4v) is 2.83. The van der Waals surface area contributed by atoms with Gasteiger partial charge in [0.15, 0.2) is 0 Å². The average molecular weight is 331 g/mol. The first kappa shape index (κ1) is 17.0. The van der Waals surface area contributed by atoms with Gasteiger partial charge in [-0.2, -0.15) is 5.26 Å². The van der Waals surface area contributed by atoms with Crippen LogP contribution in [0.15, 0.2) is 34.6 Å². The standard InChI is InChI=1S/C16H17N3O3S/c1-22-15(20)10-23-14-6-5-11(9-19-14)16(21)12(8-17)13-4-2-3-7-18-13/h5-6,9,18H,2-4,7,10H2,1H3/b13-12-. The molecule has 23 heavy (non-hydrogen) atoms. The Morgan fingerprint density at radius 2 is 2.26 bits per heavy atom. The second-order valence-electron chi connectivity index (χ2n) is 4.93. The molecule has 1 N–H and O–H groups in total. The number of nitrogens with one attached hydrogen (secondary N) is 1. The number of hydrogen-bond acceptors (Lipinski definition) is 7. The number of hydrogen-bond donors (Lipinski definition) is 1. The number of esters is 1. The Kier molecular flexibility index (Phi) is 6.18. The number of nitriles is 1. The van der Waals surface area contributed by atoms with Crippen LogP contribution in [0.3, 0.4) is 0 Å². The molecule has 2 rings (SSSR count). The molecule has 0 bridgehead atoms. The Labute approximate surface area is 138 Å². The third-order valence-electron chi connectivity index (χ3n) is 3.40. The summed E-state index contributed by atoms with van der Waals surface area (Å²) < 4.78 is 4.56. The summed E-state index contributed by atoms with van der Waals surface area (Å²) in [6.45, 7) is 0.787. The first-order chi connectivity index (χ1) is 11.2. The number of aromatic nitrogens is 1. The third-order valence-corrected chi connectivity index (χ3v) is 4.31. The zero-order valence-electron chi connectivity index (χ0n) is 12.8. The molecule has 2 heterocycles. The van der Waals surface area contributed by atoms with Gasteiger partial charge in [-0.1, -0.05) is 11.8 Å². The number of thioether (sulfide) groups is 1. The Hall–Kier alpha value is -2.33. The molecule has 6 nitrogen and oxygen atoms in total. The molecule has 1 aromatic rings. The van der Waals surface area contributed by atoms with Gasteiger partial charge in [0.25, 0.3) is 0 Å². The van der Waals surface area contributed by atoms with Crippen LogP contribution in [0, 0.1) is 11.3 Å². The van der Waals surface area contributed by atoms with Crippen LogP contribution in [-0.2, 0) is 9.53 Å². The van der Waals surface area contributed by atoms with Crippen molar-refractivity contribution in [1.29, 1.82) is 5.26 Å². The molecule has 120 valence electrons. The Bertz CT molecular complexity index is 654. The lowest BCUT2D eigenvalue weighted by atomic mass is 9.99. The third kappa shape index (κ3) is 4.57. The summed E-state index contributed by atoms with van der Waals surface area (Å²) in [5, 5.41) is 13.0. The van der Waals surface area contributed by atoms with Crippen molar-refractivity contribution in [3.8, 4) is 6.07 Å². The zero-order chi connectivity index (χ0) is 16.7. The van der Waals surface area contributed by atoms with E-state index in [1.165, 1.54) is 25.1 Å². The molecule has 7 heteroatoms. The summed E-state index contributed by atoms with van der Waals surface area (Å²) in [5.41, 5.74) is 1.23. The van der Waals surface area contributed by atoms with Crippen LogP contribution in [-0.4, -0.2) is 36.1 Å². The fraction of sp³-hybridized carbons (Fsp3) is 0.375. The number of ether oxygens (including phenoxy) is 1. The number of ketones is 1. The van der Waals surface area contributed by atoms with Gasteiger partial charge in [-0.25, -0.2) is 4.98 Å². The van der Waals surface area contributed by atoms with E-state index in [-0.39, 0.29) is 23.1 Å². The highest BCUT2D eigenvalue weighted by atomic mass is 32.2. The minimum atomic E-state index is -0.336. The van der Waals surface area contributed by atoms with Crippen LogP contribution >= 0.6 is 11.8 Å². The van der Waals surface area contributed by atoms with Gasteiger partial charge in [-0.3, -0.25) is 9.59 Å². The van der Waals surface area contributed by atoms with Crippen LogP contribution in [0.4, 0.5) is 0 Å². The van der Waals surface area contributed by atoms with Gasteiger partial charge >= 0.3 is 5.97 Å². The molecule has 0 aliphatic carbocycles. The smallest absolute Gasteiger partial charge is 0.316 e. The van der Waals surface area contributed by atoms with Crippen LogP contribution in [0.25, 0.3) is 0 Å². The first-order valence-electron chi connectivity index (χ1n) is 7.23. The lowest BCUT2D eigenvalue weighted by Gasteiger charge is -2.17. The second-order valence-corrected chi connectivity index (χ2v) is 5.92. The van der Waals surface area contributed by atoms with Crippen LogP contribution < -0.4 is 5.32 Å². The van der Waals surface area contributed by atoms with E-state index in [0.717, 1.165) is 25.8 Å². The topological polar surface area (TPSA) is 92.1 Å². The number of pyridine rings is 1. The van der Waals surface area contributed by atoms with Crippen molar-refractivity contribution in [2.24, 2.45) is 0 Å². The highest BCUT2D eigenvalue weighted by Gasteiger charge is 2.19. The second kappa shape index (κ2) is 8.34. The monoisotopic (exact) mass is 331 g/mol. The number of piperidine rings is 1. The molecule has 0 radical (unpaired) electrons. The van der Waals surface area contributed by atoms with Crippen LogP contribution in [0.5, 0.6) is 0 Å². The summed E-state index contributed by atoms with van der Waals surface area (Å²) >= 11 is 1.23. The maximum atomic E-state index is 12.5. The van der Waals surface area contributed by atoms with E-state index in [2.05, 4.69) is 15.0 Å². The highest BCUT2D eigenvalue weighted by molar-refractivity contribution is 7.99. The lowest BCUT2D eigenvalue weighted by molar-refractivity contribution is -0.137. The fourth-order valence-electron chi connectivity index (χ4n) is 2.16. The van der Waals surface area contributed by atoms with E-state index in [0.29, 0.717) is 16.3 Å². The summed E-state index contributed by atoms with van der Waals surface area (Å²) in [6.07, 6.45) is 4.17. The predicted octanol–water partition coefficient (Wildman–Crippen LogP) is 2.08. The minimum Gasteiger partial charge on any atom is -0.468 e. The van der Waals surface area contributed by atoms with E-state index in [1.807, 2.05) is 6.07 Å². The molecule has 0 amide bonds. The van der Waals surface area contributed by atoms with Crippen LogP contribution in [0.1, 0.15) is 29.6 Å². The molecule has 1 aliphatic rings. The van der Waals surface area contributed by atoms with Gasteiger partial charge in [0.1, 0.15) is 11.6 Å². The van der Waals surface area contributed by atoms with Crippen molar-refractivity contribution in [3.63, 3.8) is 0 Å². The number of carbonyl (C=O) groups excluding carboxylic acids is 2. The van der Waals surface area contributed by atoms with Gasteiger partial charge in [0.2, 0.25) is 5.78 Å². The van der Waals surface area contributed by atoms with E-state index in [9.17, 15) is 14.9 Å². The molecule has 1 aliphatic heterocycles. The van der Waals surface area contributed by atoms with Gasteiger partial charge in [0.05, 0.1) is 17.9 Å². The SMILES string of the molecule is COC(=O)CSc1ccc(C(=O)/C(C#N)=C2/CCCCN2)cn1. The summed E-state index contributed by atoms with van der Waals surface area (Å²) in [4.78, 5) is 27.7. The molecule has 0 unspecified atom stereocenters. The normalized spacial score (nSPS) is 16.0. The number of rotatable bonds is 5. The van der Waals surface area contributed by atoms with Gasteiger partial charge < -0.3 is 10.1 Å². The summed E-state index contributed by atoms with van der Waals surface area (Å²) in [5.74, 6) is -0.500. The van der Waals surface area contributed by atoms with E-state index >= 15 is 0 Å². The molecule has 0 saturated carbocycles. The number of carbonyl (C=O) groups is 2. The van der Waals surface area contributed by atoms with E-state index in [4.69, 9.17) is 0 Å². The molecule has 1 saturated heterocycles. The van der Waals surface area contributed by atoms with Crippen LogP contribution in [0.2, 0.25) is 0 Å². The number of nitrogens with zero attached hydrogens (tertiary/aromatic N) is 2. The van der Waals surface area contributed by atoms with E-state index in [1.54, 1.807) is 12.1 Å². The van der Waals surface area contributed by atoms with Gasteiger partial charge in [-0.15, -0.1) is 0 Å². The zero-order valence-corrected chi connectivity index (χ0v) is 13.6. The van der Waals surface area contributed by atoms with Gasteiger partial charge in [0, 0.05) is 24.0 Å². The molecule has 0 atom stereocenters. The largest absolute Gasteiger partial charge is 0.468 e. The minimum absolute atomic E-state index is 0.154. The number of Topliss-reactive ketones (excluding diaryl/α,β-unsaturated/α-hetero) is 1. The Morgan fingerprint density at radius 1 is 1.43 bits per heavy atom. The first-order valence-corrected chi connectivity index (χ1v) is 8.21. The molecule has 1 aromatic heterocycles. The maximum Gasteiger partial charge on any atom is 0.316 e. The van der Waals surface area contributed by atoms with Crippen molar-refractivity contribution in [2.75, 3.05) is 19.4 Å². The van der Waals surface area contributed by atoms with Crippen molar-refractivity contribution in [1.82, 2.24) is 10.3 Å². The maximum absolute atomic E-state index is 12.5. The Morgan fingerprint density at radius 3 is 2.83 bits per heavy atom. The Balaban J connectivity index is 2.10. The van der Waals surface area contributed by atoms with E-state index < -0.39 is 0 Å². The summed E-state index contributed by atoms with van der Waals surface area (Å²) in [7, 11) is 1.33. The van der Waals surface area contributed by atoms with Gasteiger partial charge in [-0.05, 0) is 31.4 Å². The predicted molar refractivity (Wildman–Crippen MR) is 85.8 cm³/mol. The highest BCUT2D eigenvalue weighted by Crippen LogP contribution is 2.20. The van der Waals surface area contributed by atoms with Crippen molar-refractivity contribution >= 4 is 23.5 Å². The molecule has 0 spiro atoms. The average Bonchev–Trinajstić information content (AvgIpc) is 2.61. The van der Waals surface area contributed by atoms with Crippen molar-refractivity contribution < 1.29 is 14.3 Å². The molecule has 0 aromatic carbocycles. The number of methoxy groups -OCH3 is 1. The summed E-state index contributed by atoms with van der Waals surface area (Å²) in [6, 6.07) is 5.29. The van der Waals surface area contributed by atoms with Crippen molar-refractivity contribution in [2.45, 2.75) is 24.3 Å².